The summed E-state index contributed by atoms with van der Waals surface area (Å²) in [5.41, 5.74) is 1.15. The van der Waals surface area contributed by atoms with Crippen LogP contribution in [0.3, 0.4) is 0 Å². The normalized spacial score (nSPS) is 10.4. The van der Waals surface area contributed by atoms with Crippen LogP contribution >= 0.6 is 23.6 Å². The fourth-order valence-electron chi connectivity index (χ4n) is 1.30. The molecule has 3 nitrogen and oxygen atoms in total. The van der Waals surface area contributed by atoms with Gasteiger partial charge in [-0.1, -0.05) is 0 Å². The molecule has 1 N–H and O–H groups in total. The Balaban J connectivity index is 2.12. The van der Waals surface area contributed by atoms with Gasteiger partial charge in [0.05, 0.1) is 0 Å². The van der Waals surface area contributed by atoms with E-state index in [1.54, 1.807) is 17.5 Å². The van der Waals surface area contributed by atoms with Crippen LogP contribution in [-0.2, 0) is 13.0 Å². The van der Waals surface area contributed by atoms with Gasteiger partial charge in [-0.15, -0.1) is 0 Å². The van der Waals surface area contributed by atoms with E-state index in [1.165, 1.54) is 11.6 Å². The molecule has 0 amide bonds. The molecule has 2 aromatic rings. The highest BCUT2D eigenvalue weighted by atomic mass is 32.1. The number of hydrogen-bond donors (Lipinski definition) is 1. The maximum atomic E-state index is 10.9. The summed E-state index contributed by atoms with van der Waals surface area (Å²) < 4.78 is 2.35. The highest BCUT2D eigenvalue weighted by molar-refractivity contribution is 7.71. The van der Waals surface area contributed by atoms with Gasteiger partial charge in [0, 0.05) is 18.8 Å². The molecule has 0 saturated heterocycles. The van der Waals surface area contributed by atoms with E-state index in [4.69, 9.17) is 12.2 Å². The lowest BCUT2D eigenvalue weighted by atomic mass is 10.2. The second-order valence-electron chi connectivity index (χ2n) is 3.19. The summed E-state index contributed by atoms with van der Waals surface area (Å²) in [6.07, 6.45) is 2.66. The quantitative estimate of drug-likeness (QED) is 0.832. The molecule has 0 aliphatic carbocycles. The van der Waals surface area contributed by atoms with Gasteiger partial charge in [-0.25, -0.2) is 0 Å². The monoisotopic (exact) mass is 238 g/mol. The van der Waals surface area contributed by atoms with Crippen molar-refractivity contribution >= 4 is 23.6 Å². The maximum absolute atomic E-state index is 10.9. The lowest BCUT2D eigenvalue weighted by Gasteiger charge is -2.04. The molecule has 0 bridgehead atoms. The molecular weight excluding hydrogens is 228 g/mol. The van der Waals surface area contributed by atoms with Gasteiger partial charge in [-0.3, -0.25) is 9.78 Å². The zero-order valence-electron chi connectivity index (χ0n) is 7.97. The molecule has 15 heavy (non-hydrogen) atoms. The number of nitrogens with one attached hydrogen (secondary N) is 1. The van der Waals surface area contributed by atoms with Gasteiger partial charge in [0.1, 0.15) is 0 Å². The van der Waals surface area contributed by atoms with Crippen LogP contribution in [-0.4, -0.2) is 9.55 Å². The van der Waals surface area contributed by atoms with Crippen LogP contribution in [0.15, 0.2) is 33.9 Å². The number of rotatable bonds is 3. The van der Waals surface area contributed by atoms with E-state index < -0.39 is 0 Å². The predicted molar refractivity (Wildman–Crippen MR) is 63.9 cm³/mol. The molecule has 78 valence electrons. The minimum absolute atomic E-state index is 0.146. The summed E-state index contributed by atoms with van der Waals surface area (Å²) in [5.74, 6) is 0. The Labute approximate surface area is 96.0 Å². The third kappa shape index (κ3) is 2.64. The Morgan fingerprint density at radius 1 is 1.47 bits per heavy atom. The van der Waals surface area contributed by atoms with Crippen LogP contribution in [0.1, 0.15) is 5.56 Å². The van der Waals surface area contributed by atoms with Crippen molar-refractivity contribution in [2.75, 3.05) is 0 Å². The first-order valence-electron chi connectivity index (χ1n) is 4.56. The summed E-state index contributed by atoms with van der Waals surface area (Å²) in [5, 5.41) is 4.18. The molecule has 2 heterocycles. The van der Waals surface area contributed by atoms with Crippen molar-refractivity contribution in [1.82, 2.24) is 9.55 Å². The fourth-order valence-corrected chi connectivity index (χ4v) is 2.26. The number of nitrogens with zero attached hydrogens (tertiary/aromatic N) is 1. The topological polar surface area (TPSA) is 37.8 Å². The second kappa shape index (κ2) is 4.55. The first kappa shape index (κ1) is 10.3. The van der Waals surface area contributed by atoms with Gasteiger partial charge in [0.15, 0.2) is 4.77 Å². The first-order valence-corrected chi connectivity index (χ1v) is 5.91. The summed E-state index contributed by atoms with van der Waals surface area (Å²) >= 11 is 6.73. The minimum Gasteiger partial charge on any atom is -0.325 e. The molecule has 0 aliphatic heterocycles. The van der Waals surface area contributed by atoms with Crippen LogP contribution in [0.25, 0.3) is 0 Å². The minimum atomic E-state index is -0.146. The van der Waals surface area contributed by atoms with Gasteiger partial charge >= 0.3 is 0 Å². The second-order valence-corrected chi connectivity index (χ2v) is 4.35. The molecule has 5 heteroatoms. The van der Waals surface area contributed by atoms with Gasteiger partial charge in [-0.05, 0) is 41.0 Å². The Hall–Kier alpha value is -1.20. The van der Waals surface area contributed by atoms with Crippen molar-refractivity contribution in [3.63, 3.8) is 0 Å². The molecule has 0 unspecified atom stereocenters. The average Bonchev–Trinajstić information content (AvgIpc) is 2.69. The smallest absolute Gasteiger partial charge is 0.251 e. The van der Waals surface area contributed by atoms with Gasteiger partial charge < -0.3 is 4.57 Å². The van der Waals surface area contributed by atoms with Crippen molar-refractivity contribution < 1.29 is 0 Å². The summed E-state index contributed by atoms with van der Waals surface area (Å²) in [6, 6.07) is 3.59. The highest BCUT2D eigenvalue weighted by Gasteiger charge is 1.96. The van der Waals surface area contributed by atoms with Gasteiger partial charge in [0.2, 0.25) is 0 Å². The Morgan fingerprint density at radius 2 is 2.33 bits per heavy atom. The third-order valence-electron chi connectivity index (χ3n) is 2.12. The zero-order valence-corrected chi connectivity index (χ0v) is 9.61. The van der Waals surface area contributed by atoms with E-state index in [0.29, 0.717) is 4.77 Å². The van der Waals surface area contributed by atoms with Crippen LogP contribution in [0.2, 0.25) is 0 Å². The molecule has 0 radical (unpaired) electrons. The number of aryl methyl sites for hydroxylation is 2. The molecule has 0 saturated carbocycles. The molecule has 0 atom stereocenters. The summed E-state index contributed by atoms with van der Waals surface area (Å²) in [4.78, 5) is 13.5. The van der Waals surface area contributed by atoms with Crippen LogP contribution in [0.4, 0.5) is 0 Å². The average molecular weight is 238 g/mol. The van der Waals surface area contributed by atoms with E-state index in [2.05, 4.69) is 21.8 Å². The molecule has 0 aromatic carbocycles. The number of hydrogen-bond acceptors (Lipinski definition) is 3. The maximum Gasteiger partial charge on any atom is 0.251 e. The van der Waals surface area contributed by atoms with Crippen LogP contribution in [0, 0.1) is 4.77 Å². The summed E-state index contributed by atoms with van der Waals surface area (Å²) in [7, 11) is 0. The fraction of sp³-hybridized carbons (Fsp3) is 0.200. The van der Waals surface area contributed by atoms with E-state index in [-0.39, 0.29) is 5.56 Å². The zero-order chi connectivity index (χ0) is 10.7. The lowest BCUT2D eigenvalue weighted by Crippen LogP contribution is -2.12. The van der Waals surface area contributed by atoms with Crippen LogP contribution < -0.4 is 5.56 Å². The van der Waals surface area contributed by atoms with Crippen LogP contribution in [0.5, 0.6) is 0 Å². The molecule has 0 spiro atoms. The largest absolute Gasteiger partial charge is 0.325 e. The van der Waals surface area contributed by atoms with E-state index in [0.717, 1.165) is 13.0 Å². The predicted octanol–water partition coefficient (Wildman–Crippen LogP) is 2.21. The van der Waals surface area contributed by atoms with Gasteiger partial charge in [-0.2, -0.15) is 11.3 Å². The van der Waals surface area contributed by atoms with E-state index >= 15 is 0 Å². The van der Waals surface area contributed by atoms with Crippen molar-refractivity contribution in [2.45, 2.75) is 13.0 Å². The SMILES string of the molecule is O=c1ccn(CCc2ccsc2)c(=S)[nH]1. The van der Waals surface area contributed by atoms with Crippen molar-refractivity contribution in [3.8, 4) is 0 Å². The number of thiophene rings is 1. The molecule has 0 fully saturated rings. The molecular formula is C10H10N2OS2. The number of H-pyrrole nitrogens is 1. The number of aromatic amines is 1. The standard InChI is InChI=1S/C10H10N2OS2/c13-9-2-5-12(10(14)11-9)4-1-8-3-6-15-7-8/h2-3,5-7H,1,4H2,(H,11,13,14). The summed E-state index contributed by atoms with van der Waals surface area (Å²) in [6.45, 7) is 0.798. The van der Waals surface area contributed by atoms with E-state index in [9.17, 15) is 4.79 Å². The molecule has 0 aliphatic rings. The Morgan fingerprint density at radius 3 is 3.00 bits per heavy atom. The Kier molecular flexibility index (Phi) is 3.13. The highest BCUT2D eigenvalue weighted by Crippen LogP contribution is 2.07. The van der Waals surface area contributed by atoms with Crippen molar-refractivity contribution in [1.29, 1.82) is 0 Å². The lowest BCUT2D eigenvalue weighted by molar-refractivity contribution is 0.663. The molecule has 2 rings (SSSR count). The van der Waals surface area contributed by atoms with Crippen molar-refractivity contribution in [3.05, 3.63) is 49.8 Å². The van der Waals surface area contributed by atoms with Gasteiger partial charge in [0.25, 0.3) is 5.56 Å². The molecule has 2 aromatic heterocycles. The first-order chi connectivity index (χ1) is 7.25. The Bertz CT molecular complexity index is 539. The van der Waals surface area contributed by atoms with E-state index in [1.807, 2.05) is 4.57 Å². The third-order valence-corrected chi connectivity index (χ3v) is 3.19. The number of aromatic nitrogens is 2. The van der Waals surface area contributed by atoms with Crippen molar-refractivity contribution in [2.24, 2.45) is 0 Å².